The molecule has 2 unspecified atom stereocenters. The van der Waals surface area contributed by atoms with Crippen LogP contribution in [0.4, 0.5) is 0 Å². The van der Waals surface area contributed by atoms with Crippen LogP contribution in [0.25, 0.3) is 16.9 Å². The number of benzene rings is 2. The lowest BCUT2D eigenvalue weighted by molar-refractivity contribution is -0.184. The van der Waals surface area contributed by atoms with Crippen LogP contribution in [0.3, 0.4) is 0 Å². The third kappa shape index (κ3) is 4.97. The summed E-state index contributed by atoms with van der Waals surface area (Å²) in [5.74, 6) is -8.12. The summed E-state index contributed by atoms with van der Waals surface area (Å²) in [5, 5.41) is 48.1. The number of nitrogens with two attached hydrogens (primary N) is 1. The third-order valence-electron chi connectivity index (χ3n) is 9.14. The van der Waals surface area contributed by atoms with Gasteiger partial charge in [-0.05, 0) is 68.1 Å². The van der Waals surface area contributed by atoms with Gasteiger partial charge in [-0.25, -0.2) is 0 Å². The molecule has 2 fully saturated rings. The molecule has 0 aliphatic heterocycles. The predicted molar refractivity (Wildman–Crippen MR) is 158 cm³/mol. The highest BCUT2D eigenvalue weighted by molar-refractivity contribution is 6.25. The summed E-state index contributed by atoms with van der Waals surface area (Å²) >= 11 is 0. The van der Waals surface area contributed by atoms with E-state index in [0.717, 1.165) is 11.1 Å². The van der Waals surface area contributed by atoms with Gasteiger partial charge in [0.15, 0.2) is 11.4 Å². The van der Waals surface area contributed by atoms with E-state index in [-0.39, 0.29) is 42.2 Å². The Morgan fingerprint density at radius 3 is 2.41 bits per heavy atom. The molecule has 12 heteroatoms. The summed E-state index contributed by atoms with van der Waals surface area (Å²) < 4.78 is 4.92. The number of nitrogens with one attached hydrogen (secondary N) is 1. The molecule has 12 nitrogen and oxygen atoms in total. The van der Waals surface area contributed by atoms with Crippen molar-refractivity contribution in [2.45, 2.75) is 44.1 Å². The number of hydrogen-bond acceptors (Lipinski definition) is 11. The molecule has 0 aromatic heterocycles. The van der Waals surface area contributed by atoms with Gasteiger partial charge in [0.25, 0.3) is 0 Å². The number of rotatable bonds is 8. The monoisotopic (exact) mass is 607 g/mol. The number of phenolic OH excluding ortho intramolecular Hbond substituents is 1. The van der Waals surface area contributed by atoms with E-state index >= 15 is 0 Å². The Kier molecular flexibility index (Phi) is 8.38. The Bertz CT molecular complexity index is 1550. The number of aromatic hydroxyl groups is 1. The maximum atomic E-state index is 14.0. The fourth-order valence-electron chi connectivity index (χ4n) is 7.20. The second kappa shape index (κ2) is 11.8. The van der Waals surface area contributed by atoms with E-state index in [1.54, 1.807) is 32.0 Å². The minimum absolute atomic E-state index is 0.0308. The number of primary amides is 1. The van der Waals surface area contributed by atoms with E-state index in [1.807, 2.05) is 24.3 Å². The van der Waals surface area contributed by atoms with Gasteiger partial charge in [-0.2, -0.15) is 0 Å². The molecule has 2 saturated carbocycles. The largest absolute Gasteiger partial charge is 0.507 e. The smallest absolute Gasteiger partial charge is 0.319 e. The number of nitrogens with zero attached hydrogens (tertiary/aromatic N) is 1. The van der Waals surface area contributed by atoms with Crippen molar-refractivity contribution >= 4 is 29.2 Å². The Labute approximate surface area is 254 Å². The van der Waals surface area contributed by atoms with Crippen molar-refractivity contribution < 1.29 is 44.3 Å². The highest BCUT2D eigenvalue weighted by Gasteiger charge is 2.67. The number of ether oxygens (including phenoxy) is 1. The highest BCUT2D eigenvalue weighted by Crippen LogP contribution is 2.53. The fraction of sp³-hybridized carbons (Fsp3) is 0.438. The molecule has 44 heavy (non-hydrogen) atoms. The number of ketones is 2. The molecular weight excluding hydrogens is 570 g/mol. The number of aliphatic hydroxyl groups is 3. The van der Waals surface area contributed by atoms with Crippen molar-refractivity contribution in [2.24, 2.45) is 23.5 Å². The zero-order valence-electron chi connectivity index (χ0n) is 24.7. The van der Waals surface area contributed by atoms with E-state index in [1.165, 1.54) is 6.07 Å². The number of likely N-dealkylation sites (N-methyl/N-ethyl adjacent to an activating group) is 1. The van der Waals surface area contributed by atoms with Gasteiger partial charge in [0.2, 0.25) is 11.7 Å². The van der Waals surface area contributed by atoms with Crippen molar-refractivity contribution in [1.29, 1.82) is 0 Å². The average molecular weight is 608 g/mol. The first-order valence-corrected chi connectivity index (χ1v) is 14.5. The number of aliphatic hydroxyl groups excluding tert-OH is 2. The van der Waals surface area contributed by atoms with Gasteiger partial charge in [0.05, 0.1) is 24.8 Å². The van der Waals surface area contributed by atoms with E-state index in [2.05, 4.69) is 5.32 Å². The van der Waals surface area contributed by atoms with Crippen LogP contribution in [-0.4, -0.2) is 93.8 Å². The molecule has 0 saturated heterocycles. The van der Waals surface area contributed by atoms with Gasteiger partial charge in [-0.15, -0.1) is 0 Å². The molecule has 0 spiro atoms. The predicted octanol–water partition coefficient (Wildman–Crippen LogP) is 0.449. The van der Waals surface area contributed by atoms with Crippen molar-refractivity contribution in [1.82, 2.24) is 10.2 Å². The van der Waals surface area contributed by atoms with Crippen molar-refractivity contribution in [3.63, 3.8) is 0 Å². The fourth-order valence-corrected chi connectivity index (χ4v) is 7.20. The molecule has 3 aliphatic carbocycles. The molecule has 0 bridgehead atoms. The normalized spacial score (nSPS) is 27.9. The lowest BCUT2D eigenvalue weighted by Crippen LogP contribution is -2.73. The zero-order chi connectivity index (χ0) is 32.1. The quantitative estimate of drug-likeness (QED) is 0.180. The van der Waals surface area contributed by atoms with Crippen LogP contribution in [0.2, 0.25) is 0 Å². The molecule has 1 amide bonds. The summed E-state index contributed by atoms with van der Waals surface area (Å²) in [6.07, 6.45) is -1.31. The molecule has 2 aromatic rings. The minimum Gasteiger partial charge on any atom is -0.507 e. The highest BCUT2D eigenvalue weighted by atomic mass is 16.5. The molecule has 0 heterocycles. The van der Waals surface area contributed by atoms with Crippen LogP contribution in [0.1, 0.15) is 30.0 Å². The van der Waals surface area contributed by atoms with Crippen LogP contribution >= 0.6 is 0 Å². The number of carbonyl (C=O) groups excluding carboxylic acids is 4. The number of hydrogen-bond donors (Lipinski definition) is 6. The lowest BCUT2D eigenvalue weighted by atomic mass is 9.54. The van der Waals surface area contributed by atoms with E-state index in [0.29, 0.717) is 24.3 Å². The Hall–Kier alpha value is -4.10. The van der Waals surface area contributed by atoms with Gasteiger partial charge >= 0.3 is 5.97 Å². The van der Waals surface area contributed by atoms with Crippen molar-refractivity contribution in [3.05, 3.63) is 58.7 Å². The number of phenols is 1. The summed E-state index contributed by atoms with van der Waals surface area (Å²) in [4.78, 5) is 52.8. The van der Waals surface area contributed by atoms with Gasteiger partial charge in [-0.1, -0.05) is 30.3 Å². The average Bonchev–Trinajstić information content (AvgIpc) is 2.95. The number of fused-ring (bicyclic) bond motifs is 3. The topological polar surface area (TPSA) is 200 Å². The molecular formula is C32H37N3O9. The van der Waals surface area contributed by atoms with Crippen LogP contribution in [0.15, 0.2) is 42.0 Å². The number of carbonyl (C=O) groups is 4. The second-order valence-corrected chi connectivity index (χ2v) is 11.9. The van der Waals surface area contributed by atoms with Crippen LogP contribution in [-0.2, 0) is 36.9 Å². The lowest BCUT2D eigenvalue weighted by Gasteiger charge is -2.53. The molecule has 3 aliphatic rings. The molecule has 0 radical (unpaired) electrons. The summed E-state index contributed by atoms with van der Waals surface area (Å²) in [7, 11) is 3.22. The summed E-state index contributed by atoms with van der Waals surface area (Å²) in [5.41, 5.74) is 5.55. The maximum Gasteiger partial charge on any atom is 0.319 e. The standard InChI is InChI=1S/C32H37N3O9/c1-4-44-22(37)14-34-13-15-5-7-16(8-6-15)18-9-10-21(36)24-19(18)11-17-12-20-26(35(2)3)28(39)25(31(33)42)30(41)32(20,43)29(40)23(17)27(24)38/h5-10,17,20,25-26,28,34,36,38-39,43H,4,11-14H2,1-3H3,(H2,33,42)/t17-,20-,25?,26-,28?,32-/m1/s1. The second-order valence-electron chi connectivity index (χ2n) is 11.9. The van der Waals surface area contributed by atoms with Crippen LogP contribution in [0, 0.1) is 17.8 Å². The SMILES string of the molecule is CCOC(=O)CNCc1ccc(-c2ccc(O)c3c2C[C@@H]2C[C@@H]4[C@@H](N(C)C)C(O)C(C(N)=O)C(=O)[C@]4(O)C(=O)C2=C3O)cc1. The van der Waals surface area contributed by atoms with Crippen LogP contribution < -0.4 is 11.1 Å². The molecule has 7 N–H and O–H groups in total. The molecule has 2 aromatic carbocycles. The summed E-state index contributed by atoms with van der Waals surface area (Å²) in [6.45, 7) is 2.55. The van der Waals surface area contributed by atoms with Gasteiger partial charge < -0.3 is 41.1 Å². The van der Waals surface area contributed by atoms with Crippen molar-refractivity contribution in [2.75, 3.05) is 27.2 Å². The van der Waals surface area contributed by atoms with Crippen molar-refractivity contribution in [3.8, 4) is 16.9 Å². The van der Waals surface area contributed by atoms with Gasteiger partial charge in [-0.3, -0.25) is 19.2 Å². The van der Waals surface area contributed by atoms with Crippen LogP contribution in [0.5, 0.6) is 5.75 Å². The summed E-state index contributed by atoms with van der Waals surface area (Å²) in [6, 6.07) is 9.67. The Morgan fingerprint density at radius 1 is 1.11 bits per heavy atom. The molecule has 5 rings (SSSR count). The first-order valence-electron chi connectivity index (χ1n) is 14.5. The van der Waals surface area contributed by atoms with Gasteiger partial charge in [0, 0.05) is 24.1 Å². The first kappa shape index (κ1) is 31.3. The maximum absolute atomic E-state index is 14.0. The minimum atomic E-state index is -2.70. The molecule has 234 valence electrons. The third-order valence-corrected chi connectivity index (χ3v) is 9.14. The van der Waals surface area contributed by atoms with Gasteiger partial charge in [0.1, 0.15) is 17.4 Å². The van der Waals surface area contributed by atoms with E-state index < -0.39 is 58.7 Å². The molecule has 6 atom stereocenters. The zero-order valence-corrected chi connectivity index (χ0v) is 24.7. The Morgan fingerprint density at radius 2 is 1.80 bits per heavy atom. The van der Waals surface area contributed by atoms with E-state index in [4.69, 9.17) is 10.5 Å². The Balaban J connectivity index is 1.52. The number of amides is 1. The first-order chi connectivity index (χ1) is 20.8. The number of esters is 1. The van der Waals surface area contributed by atoms with E-state index in [9.17, 15) is 39.6 Å². The number of Topliss-reactive ketones (excluding diaryl/α,β-unsaturated/α-hetero) is 2.